The van der Waals surface area contributed by atoms with Crippen molar-refractivity contribution < 1.29 is 0 Å². The van der Waals surface area contributed by atoms with Crippen molar-refractivity contribution in [3.05, 3.63) is 18.0 Å². The molecule has 21 heavy (non-hydrogen) atoms. The van der Waals surface area contributed by atoms with E-state index in [1.807, 2.05) is 10.9 Å². The summed E-state index contributed by atoms with van der Waals surface area (Å²) in [5.74, 6) is 1.24. The SMILES string of the molecule is CCCNC(CSC1CCCCC1)Cc1cnn(CC)c1. The number of nitrogens with zero attached hydrogens (tertiary/aromatic N) is 2. The number of aryl methyl sites for hydroxylation is 1. The van der Waals surface area contributed by atoms with Gasteiger partial charge < -0.3 is 5.32 Å². The molecule has 1 N–H and O–H groups in total. The summed E-state index contributed by atoms with van der Waals surface area (Å²) in [7, 11) is 0. The Balaban J connectivity index is 1.81. The van der Waals surface area contributed by atoms with Crippen LogP contribution in [0.25, 0.3) is 0 Å². The maximum atomic E-state index is 4.40. The van der Waals surface area contributed by atoms with E-state index in [1.165, 1.54) is 49.8 Å². The molecule has 1 heterocycles. The molecule has 120 valence electrons. The zero-order valence-electron chi connectivity index (χ0n) is 13.7. The van der Waals surface area contributed by atoms with Gasteiger partial charge in [0, 0.05) is 29.8 Å². The molecule has 0 amide bonds. The van der Waals surface area contributed by atoms with Crippen LogP contribution in [0.2, 0.25) is 0 Å². The minimum Gasteiger partial charge on any atom is -0.313 e. The van der Waals surface area contributed by atoms with E-state index in [9.17, 15) is 0 Å². The lowest BCUT2D eigenvalue weighted by Crippen LogP contribution is -2.34. The third-order valence-electron chi connectivity index (χ3n) is 4.26. The summed E-state index contributed by atoms with van der Waals surface area (Å²) < 4.78 is 2.03. The van der Waals surface area contributed by atoms with Crippen molar-refractivity contribution in [3.8, 4) is 0 Å². The Morgan fingerprint density at radius 3 is 2.81 bits per heavy atom. The molecule has 4 heteroatoms. The van der Waals surface area contributed by atoms with Crippen LogP contribution in [0.4, 0.5) is 0 Å². The average molecular weight is 310 g/mol. The Hall–Kier alpha value is -0.480. The Labute approximate surface area is 134 Å². The third-order valence-corrected chi connectivity index (χ3v) is 5.80. The molecule has 1 aromatic rings. The van der Waals surface area contributed by atoms with Crippen molar-refractivity contribution in [1.82, 2.24) is 15.1 Å². The molecular weight excluding hydrogens is 278 g/mol. The molecule has 0 saturated heterocycles. The van der Waals surface area contributed by atoms with Crippen LogP contribution in [-0.4, -0.2) is 33.4 Å². The molecule has 1 atom stereocenters. The highest BCUT2D eigenvalue weighted by Gasteiger charge is 2.17. The normalized spacial score (nSPS) is 18.0. The fraction of sp³-hybridized carbons (Fsp3) is 0.824. The van der Waals surface area contributed by atoms with Crippen LogP contribution in [0.5, 0.6) is 0 Å². The third kappa shape index (κ3) is 6.03. The molecule has 1 unspecified atom stereocenters. The second-order valence-electron chi connectivity index (χ2n) is 6.15. The van der Waals surface area contributed by atoms with Crippen LogP contribution in [0.1, 0.15) is 57.9 Å². The number of hydrogen-bond donors (Lipinski definition) is 1. The first-order valence-electron chi connectivity index (χ1n) is 8.68. The summed E-state index contributed by atoms with van der Waals surface area (Å²) in [6.45, 7) is 6.47. The van der Waals surface area contributed by atoms with Gasteiger partial charge in [-0.1, -0.05) is 26.2 Å². The van der Waals surface area contributed by atoms with Crippen LogP contribution < -0.4 is 5.32 Å². The summed E-state index contributed by atoms with van der Waals surface area (Å²) in [5.41, 5.74) is 1.37. The topological polar surface area (TPSA) is 29.9 Å². The Morgan fingerprint density at radius 1 is 1.33 bits per heavy atom. The van der Waals surface area contributed by atoms with Gasteiger partial charge in [-0.25, -0.2) is 0 Å². The molecule has 1 saturated carbocycles. The molecule has 0 aliphatic heterocycles. The summed E-state index contributed by atoms with van der Waals surface area (Å²) >= 11 is 2.20. The van der Waals surface area contributed by atoms with Gasteiger partial charge in [-0.2, -0.15) is 16.9 Å². The molecule has 1 aliphatic carbocycles. The largest absolute Gasteiger partial charge is 0.313 e. The lowest BCUT2D eigenvalue weighted by molar-refractivity contribution is 0.511. The van der Waals surface area contributed by atoms with E-state index < -0.39 is 0 Å². The smallest absolute Gasteiger partial charge is 0.0522 e. The van der Waals surface area contributed by atoms with Crippen molar-refractivity contribution in [2.75, 3.05) is 12.3 Å². The first-order chi connectivity index (χ1) is 10.3. The van der Waals surface area contributed by atoms with E-state index in [-0.39, 0.29) is 0 Å². The molecule has 3 nitrogen and oxygen atoms in total. The van der Waals surface area contributed by atoms with E-state index in [4.69, 9.17) is 0 Å². The fourth-order valence-corrected chi connectivity index (χ4v) is 4.40. The minimum atomic E-state index is 0.589. The summed E-state index contributed by atoms with van der Waals surface area (Å²) in [6, 6.07) is 0.589. The van der Waals surface area contributed by atoms with Gasteiger partial charge in [0.05, 0.1) is 6.20 Å². The first kappa shape index (κ1) is 16.9. The highest BCUT2D eigenvalue weighted by Crippen LogP contribution is 2.28. The van der Waals surface area contributed by atoms with Gasteiger partial charge >= 0.3 is 0 Å². The van der Waals surface area contributed by atoms with Gasteiger partial charge in [0.2, 0.25) is 0 Å². The second-order valence-corrected chi connectivity index (χ2v) is 7.49. The number of hydrogen-bond acceptors (Lipinski definition) is 3. The highest BCUT2D eigenvalue weighted by atomic mass is 32.2. The molecule has 1 aliphatic rings. The lowest BCUT2D eigenvalue weighted by atomic mass is 10.0. The molecule has 0 radical (unpaired) electrons. The Bertz CT molecular complexity index is 385. The number of thioether (sulfide) groups is 1. The molecule has 1 aromatic heterocycles. The highest BCUT2D eigenvalue weighted by molar-refractivity contribution is 7.99. The monoisotopic (exact) mass is 309 g/mol. The predicted octanol–water partition coefficient (Wildman–Crippen LogP) is 3.88. The van der Waals surface area contributed by atoms with Gasteiger partial charge in [0.25, 0.3) is 0 Å². The Kier molecular flexibility index (Phi) is 7.65. The van der Waals surface area contributed by atoms with Crippen LogP contribution in [0.3, 0.4) is 0 Å². The summed E-state index contributed by atoms with van der Waals surface area (Å²) in [5, 5.41) is 9.03. The molecule has 2 rings (SSSR count). The van der Waals surface area contributed by atoms with Gasteiger partial charge in [0.15, 0.2) is 0 Å². The maximum absolute atomic E-state index is 4.40. The summed E-state index contributed by atoms with van der Waals surface area (Å²) in [4.78, 5) is 0. The van der Waals surface area contributed by atoms with Crippen molar-refractivity contribution >= 4 is 11.8 Å². The predicted molar refractivity (Wildman–Crippen MR) is 93.0 cm³/mol. The van der Waals surface area contributed by atoms with Gasteiger partial charge in [-0.05, 0) is 44.7 Å². The van der Waals surface area contributed by atoms with Crippen molar-refractivity contribution in [3.63, 3.8) is 0 Å². The van der Waals surface area contributed by atoms with E-state index in [0.29, 0.717) is 6.04 Å². The van der Waals surface area contributed by atoms with Crippen LogP contribution in [0, 0.1) is 0 Å². The van der Waals surface area contributed by atoms with Crippen molar-refractivity contribution in [2.45, 2.75) is 76.6 Å². The number of rotatable bonds is 9. The minimum absolute atomic E-state index is 0.589. The van der Waals surface area contributed by atoms with E-state index >= 15 is 0 Å². The number of nitrogens with one attached hydrogen (secondary N) is 1. The molecule has 1 fully saturated rings. The fourth-order valence-electron chi connectivity index (χ4n) is 2.99. The van der Waals surface area contributed by atoms with Crippen LogP contribution >= 0.6 is 11.8 Å². The zero-order chi connectivity index (χ0) is 14.9. The van der Waals surface area contributed by atoms with Crippen LogP contribution in [-0.2, 0) is 13.0 Å². The van der Waals surface area contributed by atoms with Gasteiger partial charge in [0.1, 0.15) is 0 Å². The molecule has 0 aromatic carbocycles. The lowest BCUT2D eigenvalue weighted by Gasteiger charge is -2.24. The van der Waals surface area contributed by atoms with Crippen molar-refractivity contribution in [2.24, 2.45) is 0 Å². The van der Waals surface area contributed by atoms with Gasteiger partial charge in [-0.3, -0.25) is 4.68 Å². The Morgan fingerprint density at radius 2 is 2.14 bits per heavy atom. The molecule has 0 spiro atoms. The standard InChI is InChI=1S/C17H31N3S/c1-3-10-18-16(11-15-12-19-20(4-2)13-15)14-21-17-8-6-5-7-9-17/h12-13,16-18H,3-11,14H2,1-2H3. The zero-order valence-corrected chi connectivity index (χ0v) is 14.5. The second kappa shape index (κ2) is 9.52. The molecule has 0 bridgehead atoms. The average Bonchev–Trinajstić information content (AvgIpc) is 2.98. The quantitative estimate of drug-likeness (QED) is 0.751. The van der Waals surface area contributed by atoms with Crippen molar-refractivity contribution in [1.29, 1.82) is 0 Å². The first-order valence-corrected chi connectivity index (χ1v) is 9.73. The van der Waals surface area contributed by atoms with Gasteiger partial charge in [-0.15, -0.1) is 0 Å². The van der Waals surface area contributed by atoms with E-state index in [0.717, 1.165) is 24.8 Å². The molecular formula is C17H31N3S. The maximum Gasteiger partial charge on any atom is 0.0522 e. The van der Waals surface area contributed by atoms with E-state index in [2.05, 4.69) is 42.2 Å². The van der Waals surface area contributed by atoms with Crippen LogP contribution in [0.15, 0.2) is 12.4 Å². The van der Waals surface area contributed by atoms with E-state index in [1.54, 1.807) is 0 Å². The number of aromatic nitrogens is 2. The summed E-state index contributed by atoms with van der Waals surface area (Å²) in [6.07, 6.45) is 13.7.